The quantitative estimate of drug-likeness (QED) is 0.590. The Morgan fingerprint density at radius 1 is 1.20 bits per heavy atom. The van der Waals surface area contributed by atoms with Crippen LogP contribution in [0.5, 0.6) is 0 Å². The third-order valence-electron chi connectivity index (χ3n) is 6.36. The van der Waals surface area contributed by atoms with Gasteiger partial charge in [-0.2, -0.15) is 5.01 Å². The molecular formula is C26H31N5O4. The minimum Gasteiger partial charge on any atom is -0.467 e. The number of furan rings is 1. The topological polar surface area (TPSA) is 89.3 Å². The standard InChI is InChI=1S/C26H31N5O4/c1-3-5-13-22-25(33)28(17-21-12-9-15-35-21)18-23-30(22)24(32)19-29(14-4-2)31(23)26(34)27-16-20-10-7-6-8-11-20/h2,6-12,15,22-23H,3,5,13-14,16-19H2,1H3,(H,27,34)/t22-,23-/m0/s1. The van der Waals surface area contributed by atoms with Gasteiger partial charge in [-0.15, -0.1) is 6.42 Å². The summed E-state index contributed by atoms with van der Waals surface area (Å²) >= 11 is 0. The van der Waals surface area contributed by atoms with Crippen molar-refractivity contribution in [2.45, 2.75) is 51.5 Å². The van der Waals surface area contributed by atoms with Crippen molar-refractivity contribution < 1.29 is 18.8 Å². The zero-order valence-corrected chi connectivity index (χ0v) is 19.9. The number of carbonyl (C=O) groups excluding carboxylic acids is 3. The van der Waals surface area contributed by atoms with Gasteiger partial charge >= 0.3 is 6.03 Å². The number of amides is 4. The molecule has 1 aromatic carbocycles. The van der Waals surface area contributed by atoms with Crippen molar-refractivity contribution in [3.8, 4) is 12.3 Å². The van der Waals surface area contributed by atoms with Gasteiger partial charge < -0.3 is 19.5 Å². The van der Waals surface area contributed by atoms with Gasteiger partial charge in [0.15, 0.2) is 0 Å². The fraction of sp³-hybridized carbons (Fsp3) is 0.423. The molecule has 0 aliphatic carbocycles. The Kier molecular flexibility index (Phi) is 7.73. The van der Waals surface area contributed by atoms with Gasteiger partial charge in [-0.25, -0.2) is 9.80 Å². The van der Waals surface area contributed by atoms with Gasteiger partial charge in [0.05, 0.1) is 32.4 Å². The molecule has 2 aromatic rings. The van der Waals surface area contributed by atoms with Gasteiger partial charge in [0.25, 0.3) is 0 Å². The molecular weight excluding hydrogens is 446 g/mol. The zero-order valence-electron chi connectivity index (χ0n) is 19.9. The first-order valence-electron chi connectivity index (χ1n) is 11.9. The van der Waals surface area contributed by atoms with E-state index in [2.05, 4.69) is 11.2 Å². The van der Waals surface area contributed by atoms with Crippen LogP contribution in [0.4, 0.5) is 4.79 Å². The maximum absolute atomic E-state index is 13.5. The summed E-state index contributed by atoms with van der Waals surface area (Å²) in [6, 6.07) is 12.1. The molecule has 0 radical (unpaired) electrons. The molecule has 2 aliphatic rings. The number of urea groups is 1. The Hall–Kier alpha value is -3.77. The number of carbonyl (C=O) groups is 3. The molecule has 4 rings (SSSR count). The SMILES string of the molecule is C#CCN1CC(=O)N2[C@@H](CCCC)C(=O)N(Cc3ccco3)C[C@@H]2N1C(=O)NCc1ccccc1. The van der Waals surface area contributed by atoms with E-state index in [1.807, 2.05) is 43.3 Å². The number of hydrogen-bond acceptors (Lipinski definition) is 5. The molecule has 4 amide bonds. The maximum atomic E-state index is 13.5. The summed E-state index contributed by atoms with van der Waals surface area (Å²) in [6.07, 6.45) is 8.68. The lowest BCUT2D eigenvalue weighted by Crippen LogP contribution is -2.76. The molecule has 0 spiro atoms. The van der Waals surface area contributed by atoms with Crippen LogP contribution in [0.15, 0.2) is 53.1 Å². The van der Waals surface area contributed by atoms with E-state index in [0.29, 0.717) is 18.7 Å². The van der Waals surface area contributed by atoms with Crippen LogP contribution in [-0.2, 0) is 22.7 Å². The lowest BCUT2D eigenvalue weighted by atomic mass is 10.0. The van der Waals surface area contributed by atoms with Crippen molar-refractivity contribution in [2.75, 3.05) is 19.6 Å². The number of rotatable bonds is 8. The van der Waals surface area contributed by atoms with Crippen LogP contribution < -0.4 is 5.32 Å². The minimum atomic E-state index is -0.671. The van der Waals surface area contributed by atoms with Crippen LogP contribution in [0, 0.1) is 12.3 Å². The van der Waals surface area contributed by atoms with E-state index in [1.54, 1.807) is 27.1 Å². The summed E-state index contributed by atoms with van der Waals surface area (Å²) in [4.78, 5) is 43.5. The highest BCUT2D eigenvalue weighted by molar-refractivity contribution is 5.91. The Bertz CT molecular complexity index is 1070. The van der Waals surface area contributed by atoms with Gasteiger partial charge in [-0.3, -0.25) is 9.59 Å². The molecule has 9 heteroatoms. The number of piperazine rings is 1. The first-order chi connectivity index (χ1) is 17.0. The molecule has 1 aromatic heterocycles. The van der Waals surface area contributed by atoms with Gasteiger partial charge in [0.2, 0.25) is 11.8 Å². The molecule has 2 atom stereocenters. The third-order valence-corrected chi connectivity index (χ3v) is 6.36. The normalized spacial score (nSPS) is 20.5. The molecule has 0 bridgehead atoms. The Morgan fingerprint density at radius 3 is 2.69 bits per heavy atom. The molecule has 2 fully saturated rings. The van der Waals surface area contributed by atoms with Gasteiger partial charge in [0, 0.05) is 6.54 Å². The van der Waals surface area contributed by atoms with E-state index in [9.17, 15) is 14.4 Å². The Labute approximate surface area is 205 Å². The van der Waals surface area contributed by atoms with Crippen molar-refractivity contribution in [2.24, 2.45) is 0 Å². The summed E-state index contributed by atoms with van der Waals surface area (Å²) in [5, 5.41) is 6.05. The van der Waals surface area contributed by atoms with Crippen molar-refractivity contribution >= 4 is 17.8 Å². The molecule has 2 aliphatic heterocycles. The first kappa shape index (κ1) is 24.4. The van der Waals surface area contributed by atoms with Crippen LogP contribution in [0.1, 0.15) is 37.5 Å². The van der Waals surface area contributed by atoms with Crippen molar-refractivity contribution in [3.63, 3.8) is 0 Å². The predicted octanol–water partition coefficient (Wildman–Crippen LogP) is 2.41. The largest absolute Gasteiger partial charge is 0.467 e. The number of benzene rings is 1. The maximum Gasteiger partial charge on any atom is 0.334 e. The van der Waals surface area contributed by atoms with E-state index in [1.165, 1.54) is 5.01 Å². The van der Waals surface area contributed by atoms with E-state index in [-0.39, 0.29) is 44.0 Å². The predicted molar refractivity (Wildman–Crippen MR) is 129 cm³/mol. The van der Waals surface area contributed by atoms with Crippen LogP contribution >= 0.6 is 0 Å². The number of nitrogens with one attached hydrogen (secondary N) is 1. The van der Waals surface area contributed by atoms with E-state index >= 15 is 0 Å². The molecule has 9 nitrogen and oxygen atoms in total. The smallest absolute Gasteiger partial charge is 0.334 e. The summed E-state index contributed by atoms with van der Waals surface area (Å²) in [5.74, 6) is 2.86. The van der Waals surface area contributed by atoms with Gasteiger partial charge in [-0.05, 0) is 24.1 Å². The number of unbranched alkanes of at least 4 members (excludes halogenated alkanes) is 1. The number of fused-ring (bicyclic) bond motifs is 1. The van der Waals surface area contributed by atoms with E-state index in [0.717, 1.165) is 18.4 Å². The molecule has 35 heavy (non-hydrogen) atoms. The fourth-order valence-corrected chi connectivity index (χ4v) is 4.70. The number of nitrogens with zero attached hydrogens (tertiary/aromatic N) is 4. The average molecular weight is 478 g/mol. The minimum absolute atomic E-state index is 0.0620. The molecule has 0 saturated carbocycles. The van der Waals surface area contributed by atoms with Crippen LogP contribution in [0.2, 0.25) is 0 Å². The average Bonchev–Trinajstić information content (AvgIpc) is 3.37. The van der Waals surface area contributed by atoms with Crippen molar-refractivity contribution in [3.05, 3.63) is 60.1 Å². The monoisotopic (exact) mass is 477 g/mol. The van der Waals surface area contributed by atoms with Crippen LogP contribution in [0.3, 0.4) is 0 Å². The molecule has 1 N–H and O–H groups in total. The summed E-state index contributed by atoms with van der Waals surface area (Å²) in [5.41, 5.74) is 0.952. The highest BCUT2D eigenvalue weighted by atomic mass is 16.3. The van der Waals surface area contributed by atoms with Crippen molar-refractivity contribution in [1.82, 2.24) is 25.1 Å². The zero-order chi connectivity index (χ0) is 24.8. The first-order valence-corrected chi connectivity index (χ1v) is 11.9. The summed E-state index contributed by atoms with van der Waals surface area (Å²) in [6.45, 7) is 2.83. The summed E-state index contributed by atoms with van der Waals surface area (Å²) < 4.78 is 5.48. The highest BCUT2D eigenvalue weighted by Gasteiger charge is 2.51. The van der Waals surface area contributed by atoms with Crippen LogP contribution in [-0.4, -0.2) is 69.5 Å². The van der Waals surface area contributed by atoms with Gasteiger partial charge in [0.1, 0.15) is 18.0 Å². The Balaban J connectivity index is 1.63. The second kappa shape index (κ2) is 11.1. The summed E-state index contributed by atoms with van der Waals surface area (Å²) in [7, 11) is 0. The van der Waals surface area contributed by atoms with E-state index in [4.69, 9.17) is 10.8 Å². The third kappa shape index (κ3) is 5.33. The fourth-order valence-electron chi connectivity index (χ4n) is 4.70. The highest BCUT2D eigenvalue weighted by Crippen LogP contribution is 2.29. The second-order valence-corrected chi connectivity index (χ2v) is 8.75. The molecule has 0 unspecified atom stereocenters. The van der Waals surface area contributed by atoms with E-state index < -0.39 is 12.2 Å². The lowest BCUT2D eigenvalue weighted by Gasteiger charge is -2.54. The Morgan fingerprint density at radius 2 is 2.00 bits per heavy atom. The molecule has 184 valence electrons. The molecule has 2 saturated heterocycles. The second-order valence-electron chi connectivity index (χ2n) is 8.75. The van der Waals surface area contributed by atoms with Crippen molar-refractivity contribution in [1.29, 1.82) is 0 Å². The number of terminal acetylenes is 1. The van der Waals surface area contributed by atoms with Gasteiger partial charge in [-0.1, -0.05) is 56.0 Å². The van der Waals surface area contributed by atoms with Crippen LogP contribution in [0.25, 0.3) is 0 Å². The lowest BCUT2D eigenvalue weighted by molar-refractivity contribution is -0.190. The molecule has 3 heterocycles. The number of hydrogen-bond donors (Lipinski definition) is 1. The number of hydrazine groups is 1.